The van der Waals surface area contributed by atoms with Crippen LogP contribution in [0.5, 0.6) is 5.75 Å². The number of hydrogen-bond donors (Lipinski definition) is 2. The molecular weight excluding hydrogens is 472 g/mol. The Balaban J connectivity index is 1.93. The number of rotatable bonds is 9. The fraction of sp³-hybridized carbons (Fsp3) is 0.357. The maximum atomic E-state index is 13.9. The summed E-state index contributed by atoms with van der Waals surface area (Å²) in [6.45, 7) is 6.57. The first-order chi connectivity index (χ1) is 17.7. The molecule has 0 saturated heterocycles. The smallest absolute Gasteiger partial charge is 0.306 e. The van der Waals surface area contributed by atoms with Crippen molar-refractivity contribution in [2.45, 2.75) is 52.6 Å². The lowest BCUT2D eigenvalue weighted by atomic mass is 9.88. The molecule has 2 N–H and O–H groups in total. The Morgan fingerprint density at radius 1 is 1.14 bits per heavy atom. The minimum absolute atomic E-state index is 0.00379. The van der Waals surface area contributed by atoms with Crippen molar-refractivity contribution in [1.29, 1.82) is 0 Å². The molecule has 0 fully saturated rings. The summed E-state index contributed by atoms with van der Waals surface area (Å²) in [7, 11) is 1.26. The molecule has 0 bridgehead atoms. The average Bonchev–Trinajstić information content (AvgIpc) is 3.38. The number of methoxy groups -OCH3 is 1. The molecule has 0 spiro atoms. The lowest BCUT2D eigenvalue weighted by molar-refractivity contribution is -0.140. The first-order valence-corrected chi connectivity index (χ1v) is 12.3. The van der Waals surface area contributed by atoms with E-state index in [-0.39, 0.29) is 34.8 Å². The molecule has 0 aliphatic heterocycles. The Bertz CT molecular complexity index is 1530. The van der Waals surface area contributed by atoms with Gasteiger partial charge in [-0.1, -0.05) is 32.0 Å². The van der Waals surface area contributed by atoms with Gasteiger partial charge >= 0.3 is 5.97 Å². The highest BCUT2D eigenvalue weighted by atomic mass is 16.5. The molecule has 194 valence electrons. The number of H-pyrrole nitrogens is 1. The van der Waals surface area contributed by atoms with E-state index in [0.29, 0.717) is 25.2 Å². The van der Waals surface area contributed by atoms with Gasteiger partial charge in [-0.25, -0.2) is 4.98 Å². The van der Waals surface area contributed by atoms with Crippen LogP contribution < -0.4 is 11.1 Å². The van der Waals surface area contributed by atoms with Crippen LogP contribution in [0, 0.1) is 12.8 Å². The number of esters is 1. The zero-order valence-electron chi connectivity index (χ0n) is 21.5. The van der Waals surface area contributed by atoms with Gasteiger partial charge in [-0.3, -0.25) is 14.4 Å². The Hall–Kier alpha value is -4.14. The van der Waals surface area contributed by atoms with Crippen LogP contribution in [0.4, 0.5) is 0 Å². The van der Waals surface area contributed by atoms with Gasteiger partial charge in [-0.05, 0) is 36.4 Å². The van der Waals surface area contributed by atoms with Crippen LogP contribution >= 0.6 is 0 Å². The molecule has 0 aliphatic carbocycles. The number of aryl methyl sites for hydroxylation is 2. The summed E-state index contributed by atoms with van der Waals surface area (Å²) in [6, 6.07) is 10.7. The van der Waals surface area contributed by atoms with Crippen LogP contribution in [0.1, 0.15) is 48.7 Å². The lowest BCUT2D eigenvalue weighted by Gasteiger charge is -2.22. The van der Waals surface area contributed by atoms with Gasteiger partial charge in [0, 0.05) is 48.6 Å². The fourth-order valence-corrected chi connectivity index (χ4v) is 4.79. The molecule has 37 heavy (non-hydrogen) atoms. The van der Waals surface area contributed by atoms with Gasteiger partial charge in [0.1, 0.15) is 5.75 Å². The third-order valence-electron chi connectivity index (χ3n) is 6.58. The molecule has 0 amide bonds. The van der Waals surface area contributed by atoms with Gasteiger partial charge in [-0.15, -0.1) is 0 Å². The molecule has 1 aromatic carbocycles. The van der Waals surface area contributed by atoms with Crippen molar-refractivity contribution in [3.05, 3.63) is 92.1 Å². The van der Waals surface area contributed by atoms with Crippen molar-refractivity contribution in [2.75, 3.05) is 7.11 Å². The molecule has 3 aromatic heterocycles. The Morgan fingerprint density at radius 3 is 2.57 bits per heavy atom. The molecule has 0 radical (unpaired) electrons. The average molecular weight is 505 g/mol. The van der Waals surface area contributed by atoms with Crippen molar-refractivity contribution < 1.29 is 14.6 Å². The molecule has 3 heterocycles. The van der Waals surface area contributed by atoms with E-state index in [1.807, 2.05) is 38.1 Å². The third-order valence-corrected chi connectivity index (χ3v) is 6.58. The van der Waals surface area contributed by atoms with Gasteiger partial charge in [-0.2, -0.15) is 0 Å². The first-order valence-electron chi connectivity index (χ1n) is 12.3. The van der Waals surface area contributed by atoms with Crippen LogP contribution in [0.3, 0.4) is 0 Å². The quantitative estimate of drug-likeness (QED) is 0.337. The normalized spacial score (nSPS) is 12.2. The SMILES string of the molecule is COC(=O)C[C@@H](c1c(O)cc(C)n(CCc2cnc[nH]2)c1=O)c1cc2ccccc2n(CC(C)C)c1=O. The topological polar surface area (TPSA) is 119 Å². The van der Waals surface area contributed by atoms with Crippen LogP contribution in [-0.4, -0.2) is 37.3 Å². The van der Waals surface area contributed by atoms with E-state index in [2.05, 4.69) is 9.97 Å². The van der Waals surface area contributed by atoms with Gasteiger partial charge in [0.15, 0.2) is 0 Å². The number of pyridine rings is 2. The summed E-state index contributed by atoms with van der Waals surface area (Å²) < 4.78 is 8.16. The van der Waals surface area contributed by atoms with Gasteiger partial charge in [0.25, 0.3) is 11.1 Å². The molecule has 9 heteroatoms. The van der Waals surface area contributed by atoms with Gasteiger partial charge < -0.3 is 24.0 Å². The summed E-state index contributed by atoms with van der Waals surface area (Å²) in [5.74, 6) is -1.65. The largest absolute Gasteiger partial charge is 0.507 e. The van der Waals surface area contributed by atoms with Crippen molar-refractivity contribution in [3.63, 3.8) is 0 Å². The van der Waals surface area contributed by atoms with E-state index < -0.39 is 17.4 Å². The van der Waals surface area contributed by atoms with Crippen LogP contribution in [0.25, 0.3) is 10.9 Å². The second-order valence-corrected chi connectivity index (χ2v) is 9.67. The molecule has 9 nitrogen and oxygen atoms in total. The first kappa shape index (κ1) is 25.9. The van der Waals surface area contributed by atoms with E-state index in [9.17, 15) is 19.5 Å². The van der Waals surface area contributed by atoms with E-state index in [0.717, 1.165) is 16.6 Å². The van der Waals surface area contributed by atoms with Crippen LogP contribution in [0.15, 0.2) is 58.5 Å². The molecule has 4 aromatic rings. The number of aromatic hydroxyl groups is 1. The molecule has 0 aliphatic rings. The highest BCUT2D eigenvalue weighted by Crippen LogP contribution is 2.32. The number of para-hydroxylation sites is 1. The van der Waals surface area contributed by atoms with Gasteiger partial charge in [0.05, 0.1) is 30.9 Å². The predicted molar refractivity (Wildman–Crippen MR) is 141 cm³/mol. The second-order valence-electron chi connectivity index (χ2n) is 9.67. The van der Waals surface area contributed by atoms with Crippen LogP contribution in [0.2, 0.25) is 0 Å². The molecule has 0 saturated carbocycles. The Kier molecular flexibility index (Phi) is 7.61. The minimum atomic E-state index is -0.991. The summed E-state index contributed by atoms with van der Waals surface area (Å²) in [6.07, 6.45) is 3.51. The maximum Gasteiger partial charge on any atom is 0.306 e. The third kappa shape index (κ3) is 5.35. The van der Waals surface area contributed by atoms with Crippen molar-refractivity contribution in [2.24, 2.45) is 5.92 Å². The Morgan fingerprint density at radius 2 is 1.89 bits per heavy atom. The van der Waals surface area contributed by atoms with E-state index in [1.165, 1.54) is 13.2 Å². The van der Waals surface area contributed by atoms with Crippen molar-refractivity contribution >= 4 is 16.9 Å². The minimum Gasteiger partial charge on any atom is -0.507 e. The predicted octanol–water partition coefficient (Wildman–Crippen LogP) is 3.49. The highest BCUT2D eigenvalue weighted by molar-refractivity contribution is 5.80. The summed E-state index contributed by atoms with van der Waals surface area (Å²) in [5.41, 5.74) is 1.71. The van der Waals surface area contributed by atoms with E-state index in [1.54, 1.807) is 34.6 Å². The van der Waals surface area contributed by atoms with Crippen LogP contribution in [-0.2, 0) is 29.0 Å². The number of carbonyl (C=O) groups excluding carboxylic acids is 1. The number of aromatic nitrogens is 4. The number of benzene rings is 1. The lowest BCUT2D eigenvalue weighted by Crippen LogP contribution is -2.33. The maximum absolute atomic E-state index is 13.9. The highest BCUT2D eigenvalue weighted by Gasteiger charge is 2.29. The second kappa shape index (κ2) is 10.9. The number of hydrogen-bond acceptors (Lipinski definition) is 6. The summed E-state index contributed by atoms with van der Waals surface area (Å²) >= 11 is 0. The standard InChI is InChI=1S/C28H32N4O5/c1-17(2)15-32-23-8-6-5-7-19(23)12-22(27(32)35)21(13-25(34)37-4)26-24(33)11-18(3)31(28(26)36)10-9-20-14-29-16-30-20/h5-8,11-12,14,16-17,21,33H,9-10,13,15H2,1-4H3,(H,29,30)/t21-/m1/s1. The van der Waals surface area contributed by atoms with Crippen molar-refractivity contribution in [1.82, 2.24) is 19.1 Å². The van der Waals surface area contributed by atoms with E-state index >= 15 is 0 Å². The number of nitrogens with zero attached hydrogens (tertiary/aromatic N) is 3. The van der Waals surface area contributed by atoms with Crippen molar-refractivity contribution in [3.8, 4) is 5.75 Å². The fourth-order valence-electron chi connectivity index (χ4n) is 4.79. The molecule has 4 rings (SSSR count). The molecule has 1 atom stereocenters. The monoisotopic (exact) mass is 504 g/mol. The summed E-state index contributed by atoms with van der Waals surface area (Å²) in [5, 5.41) is 11.8. The number of fused-ring (bicyclic) bond motifs is 1. The molecular formula is C28H32N4O5. The number of imidazole rings is 1. The van der Waals surface area contributed by atoms with Gasteiger partial charge in [0.2, 0.25) is 0 Å². The molecule has 0 unspecified atom stereocenters. The number of ether oxygens (including phenoxy) is 1. The number of carbonyl (C=O) groups is 1. The number of aromatic amines is 1. The zero-order chi connectivity index (χ0) is 26.7. The summed E-state index contributed by atoms with van der Waals surface area (Å²) in [4.78, 5) is 47.2. The Labute approximate surface area is 214 Å². The van der Waals surface area contributed by atoms with E-state index in [4.69, 9.17) is 4.74 Å². The zero-order valence-corrected chi connectivity index (χ0v) is 21.5. The number of nitrogens with one attached hydrogen (secondary N) is 1.